The molecule has 0 amide bonds. The third-order valence-electron chi connectivity index (χ3n) is 4.40. The first kappa shape index (κ1) is 17.4. The Kier molecular flexibility index (Phi) is 5.50. The van der Waals surface area contributed by atoms with Crippen LogP contribution in [0.25, 0.3) is 0 Å². The predicted octanol–water partition coefficient (Wildman–Crippen LogP) is 1.11. The Morgan fingerprint density at radius 3 is 2.52 bits per heavy atom. The van der Waals surface area contributed by atoms with Crippen molar-refractivity contribution >= 4 is 7.52 Å². The van der Waals surface area contributed by atoms with Crippen LogP contribution in [-0.2, 0) is 13.8 Å². The van der Waals surface area contributed by atoms with Crippen LogP contribution in [0.5, 0.6) is 0 Å². The standard InChI is InChI=1S/C14H31N3O3P/c1-12-9-17(2,3)10-14(20-12)11-19-21(4,18)16-7-5-13(15)6-8-16/h12-14H,5-11,15H2,1-4H3/q+1. The first-order valence-electron chi connectivity index (χ1n) is 7.88. The second-order valence-electron chi connectivity index (χ2n) is 7.26. The zero-order chi connectivity index (χ0) is 15.7. The third-order valence-corrected chi connectivity index (χ3v) is 6.46. The fourth-order valence-electron chi connectivity index (χ4n) is 3.38. The minimum absolute atomic E-state index is 0.0177. The van der Waals surface area contributed by atoms with Gasteiger partial charge in [-0.2, -0.15) is 0 Å². The Hall–Kier alpha value is 0.0300. The van der Waals surface area contributed by atoms with Gasteiger partial charge in [0, 0.05) is 25.8 Å². The summed E-state index contributed by atoms with van der Waals surface area (Å²) in [5, 5.41) is 0. The highest BCUT2D eigenvalue weighted by molar-refractivity contribution is 7.55. The van der Waals surface area contributed by atoms with E-state index in [4.69, 9.17) is 15.0 Å². The average Bonchev–Trinajstić information content (AvgIpc) is 2.35. The van der Waals surface area contributed by atoms with Crippen molar-refractivity contribution in [2.24, 2.45) is 5.73 Å². The third kappa shape index (κ3) is 5.02. The molecule has 2 saturated heterocycles. The van der Waals surface area contributed by atoms with Crippen LogP contribution in [0.3, 0.4) is 0 Å². The van der Waals surface area contributed by atoms with Crippen molar-refractivity contribution < 1.29 is 18.3 Å². The SMILES string of the molecule is CC1C[N+](C)(C)CC(COP(C)(=O)N2CCC(N)CC2)O1. The van der Waals surface area contributed by atoms with E-state index < -0.39 is 7.52 Å². The summed E-state index contributed by atoms with van der Waals surface area (Å²) in [6.07, 6.45) is 2.01. The number of quaternary nitrogens is 1. The van der Waals surface area contributed by atoms with Crippen LogP contribution < -0.4 is 5.73 Å². The molecule has 2 N–H and O–H groups in total. The Balaban J connectivity index is 1.85. The molecule has 0 bridgehead atoms. The van der Waals surface area contributed by atoms with Gasteiger partial charge in [-0.1, -0.05) is 0 Å². The van der Waals surface area contributed by atoms with Crippen molar-refractivity contribution in [1.82, 2.24) is 4.67 Å². The molecular formula is C14H31N3O3P+. The minimum Gasteiger partial charge on any atom is -0.361 e. The van der Waals surface area contributed by atoms with Crippen molar-refractivity contribution in [3.8, 4) is 0 Å². The lowest BCUT2D eigenvalue weighted by Crippen LogP contribution is -2.56. The Morgan fingerprint density at radius 2 is 1.95 bits per heavy atom. The van der Waals surface area contributed by atoms with Gasteiger partial charge in [0.1, 0.15) is 25.3 Å². The van der Waals surface area contributed by atoms with Gasteiger partial charge in [0.2, 0.25) is 0 Å². The Labute approximate surface area is 128 Å². The molecule has 0 spiro atoms. The minimum atomic E-state index is -2.73. The number of morpholine rings is 1. The lowest BCUT2D eigenvalue weighted by Gasteiger charge is -2.41. The number of hydrogen-bond donors (Lipinski definition) is 1. The van der Waals surface area contributed by atoms with E-state index in [-0.39, 0.29) is 18.2 Å². The largest absolute Gasteiger partial charge is 0.361 e. The van der Waals surface area contributed by atoms with Crippen molar-refractivity contribution in [3.05, 3.63) is 0 Å². The second kappa shape index (κ2) is 6.65. The van der Waals surface area contributed by atoms with E-state index in [2.05, 4.69) is 21.0 Å². The van der Waals surface area contributed by atoms with Crippen molar-refractivity contribution in [1.29, 1.82) is 0 Å². The number of likely N-dealkylation sites (N-methyl/N-ethyl adjacent to an activating group) is 1. The van der Waals surface area contributed by atoms with E-state index in [1.165, 1.54) is 0 Å². The lowest BCUT2D eigenvalue weighted by molar-refractivity contribution is -0.905. The van der Waals surface area contributed by atoms with Gasteiger partial charge in [0.05, 0.1) is 20.7 Å². The molecule has 124 valence electrons. The van der Waals surface area contributed by atoms with Crippen LogP contribution in [0.1, 0.15) is 19.8 Å². The Morgan fingerprint density at radius 1 is 1.33 bits per heavy atom. The lowest BCUT2D eigenvalue weighted by atomic mass is 10.1. The highest BCUT2D eigenvalue weighted by Crippen LogP contribution is 2.48. The summed E-state index contributed by atoms with van der Waals surface area (Å²) in [5.74, 6) is 0. The van der Waals surface area contributed by atoms with Gasteiger partial charge in [-0.15, -0.1) is 0 Å². The molecule has 3 unspecified atom stereocenters. The normalized spacial score (nSPS) is 34.5. The summed E-state index contributed by atoms with van der Waals surface area (Å²) in [7, 11) is 1.66. The molecule has 2 aliphatic heterocycles. The van der Waals surface area contributed by atoms with Gasteiger partial charge in [-0.05, 0) is 19.8 Å². The highest BCUT2D eigenvalue weighted by atomic mass is 31.2. The zero-order valence-corrected chi connectivity index (χ0v) is 14.7. The summed E-state index contributed by atoms with van der Waals surface area (Å²) in [4.78, 5) is 0. The quantitative estimate of drug-likeness (QED) is 0.621. The first-order chi connectivity index (χ1) is 9.68. The van der Waals surface area contributed by atoms with Gasteiger partial charge < -0.3 is 19.5 Å². The molecule has 2 rings (SSSR count). The smallest absolute Gasteiger partial charge is 0.269 e. The van der Waals surface area contributed by atoms with Crippen molar-refractivity contribution in [2.45, 2.75) is 38.0 Å². The molecule has 0 saturated carbocycles. The fraction of sp³-hybridized carbons (Fsp3) is 1.00. The molecule has 2 fully saturated rings. The summed E-state index contributed by atoms with van der Waals surface area (Å²) in [5.41, 5.74) is 5.90. The van der Waals surface area contributed by atoms with Crippen molar-refractivity contribution in [2.75, 3.05) is 53.5 Å². The molecule has 7 heteroatoms. The van der Waals surface area contributed by atoms with Crippen LogP contribution >= 0.6 is 7.52 Å². The molecule has 0 aromatic heterocycles. The maximum absolute atomic E-state index is 12.8. The zero-order valence-electron chi connectivity index (χ0n) is 13.8. The summed E-state index contributed by atoms with van der Waals surface area (Å²) >= 11 is 0. The summed E-state index contributed by atoms with van der Waals surface area (Å²) in [6, 6.07) is 0.238. The number of piperidine rings is 1. The topological polar surface area (TPSA) is 64.8 Å². The van der Waals surface area contributed by atoms with E-state index in [1.807, 2.05) is 4.67 Å². The predicted molar refractivity (Wildman–Crippen MR) is 84.4 cm³/mol. The highest BCUT2D eigenvalue weighted by Gasteiger charge is 2.35. The van der Waals surface area contributed by atoms with Gasteiger partial charge in [-0.3, -0.25) is 4.57 Å². The van der Waals surface area contributed by atoms with Gasteiger partial charge >= 0.3 is 0 Å². The van der Waals surface area contributed by atoms with Crippen LogP contribution in [0.4, 0.5) is 0 Å². The van der Waals surface area contributed by atoms with Crippen LogP contribution in [-0.4, -0.2) is 80.9 Å². The summed E-state index contributed by atoms with van der Waals surface area (Å²) < 4.78 is 27.4. The Bertz CT molecular complexity index is 397. The van der Waals surface area contributed by atoms with Crippen LogP contribution in [0.2, 0.25) is 0 Å². The molecule has 0 aromatic carbocycles. The molecule has 2 heterocycles. The number of hydrogen-bond acceptors (Lipinski definition) is 4. The molecule has 3 atom stereocenters. The average molecular weight is 320 g/mol. The van der Waals surface area contributed by atoms with E-state index in [0.717, 1.165) is 43.5 Å². The molecule has 21 heavy (non-hydrogen) atoms. The molecule has 6 nitrogen and oxygen atoms in total. The number of rotatable bonds is 4. The maximum atomic E-state index is 12.8. The number of nitrogens with zero attached hydrogens (tertiary/aromatic N) is 2. The van der Waals surface area contributed by atoms with Gasteiger partial charge in [-0.25, -0.2) is 4.67 Å². The first-order valence-corrected chi connectivity index (χ1v) is 9.91. The van der Waals surface area contributed by atoms with E-state index in [1.54, 1.807) is 6.66 Å². The molecule has 0 radical (unpaired) electrons. The van der Waals surface area contributed by atoms with E-state index in [0.29, 0.717) is 6.61 Å². The van der Waals surface area contributed by atoms with E-state index in [9.17, 15) is 4.57 Å². The fourth-order valence-corrected chi connectivity index (χ4v) is 4.94. The van der Waals surface area contributed by atoms with Gasteiger partial charge in [0.15, 0.2) is 0 Å². The van der Waals surface area contributed by atoms with Crippen LogP contribution in [0, 0.1) is 0 Å². The van der Waals surface area contributed by atoms with Gasteiger partial charge in [0.25, 0.3) is 7.52 Å². The molecule has 0 aromatic rings. The molecule has 0 aliphatic carbocycles. The summed E-state index contributed by atoms with van der Waals surface area (Å²) in [6.45, 7) is 7.64. The molecule has 2 aliphatic rings. The number of ether oxygens (including phenoxy) is 1. The van der Waals surface area contributed by atoms with Crippen LogP contribution in [0.15, 0.2) is 0 Å². The van der Waals surface area contributed by atoms with E-state index >= 15 is 0 Å². The van der Waals surface area contributed by atoms with Crippen molar-refractivity contribution in [3.63, 3.8) is 0 Å². The second-order valence-corrected chi connectivity index (χ2v) is 9.69. The molecular weight excluding hydrogens is 289 g/mol. The monoisotopic (exact) mass is 320 g/mol. The maximum Gasteiger partial charge on any atom is 0.269 e. The number of nitrogens with two attached hydrogens (primary N) is 1.